The molecule has 1 aromatic rings. The summed E-state index contributed by atoms with van der Waals surface area (Å²) in [6.07, 6.45) is 12.2. The second kappa shape index (κ2) is 8.73. The Morgan fingerprint density at radius 3 is 2.38 bits per heavy atom. The predicted octanol–water partition coefficient (Wildman–Crippen LogP) is 6.49. The van der Waals surface area contributed by atoms with E-state index in [1.54, 1.807) is 0 Å². The minimum Gasteiger partial charge on any atom is -0.395 e. The molecular formula is C20H34BBrN2. The lowest BCUT2D eigenvalue weighted by Gasteiger charge is -2.27. The van der Waals surface area contributed by atoms with Gasteiger partial charge in [-0.05, 0) is 47.0 Å². The molecule has 134 valence electrons. The molecule has 0 saturated carbocycles. The molecule has 0 aliphatic carbocycles. The maximum Gasteiger partial charge on any atom is 0.259 e. The van der Waals surface area contributed by atoms with Crippen molar-refractivity contribution in [2.45, 2.75) is 91.8 Å². The van der Waals surface area contributed by atoms with Gasteiger partial charge in [0, 0.05) is 22.3 Å². The fraction of sp³-hybridized carbons (Fsp3) is 0.750. The summed E-state index contributed by atoms with van der Waals surface area (Å²) < 4.78 is 3.82. The third kappa shape index (κ3) is 4.77. The number of nitrogens with zero attached hydrogens (tertiary/aromatic N) is 2. The third-order valence-electron chi connectivity index (χ3n) is 5.52. The quantitative estimate of drug-likeness (QED) is 0.427. The molecule has 0 spiro atoms. The van der Waals surface area contributed by atoms with Gasteiger partial charge in [-0.3, -0.25) is 4.99 Å². The molecule has 0 saturated heterocycles. The Balaban J connectivity index is 2.22. The van der Waals surface area contributed by atoms with Crippen LogP contribution < -0.4 is 0 Å². The van der Waals surface area contributed by atoms with E-state index in [9.17, 15) is 0 Å². The molecule has 4 heteroatoms. The summed E-state index contributed by atoms with van der Waals surface area (Å²) in [6, 6.07) is 2.64. The molecule has 0 N–H and O–H groups in total. The zero-order valence-electron chi connectivity index (χ0n) is 16.2. The Labute approximate surface area is 157 Å². The van der Waals surface area contributed by atoms with Crippen LogP contribution in [-0.4, -0.2) is 23.1 Å². The lowest BCUT2D eigenvalue weighted by atomic mass is 9.54. The van der Waals surface area contributed by atoms with Crippen molar-refractivity contribution in [3.05, 3.63) is 22.4 Å². The third-order valence-corrected chi connectivity index (χ3v) is 6.24. The topological polar surface area (TPSA) is 17.3 Å². The molecule has 0 radical (unpaired) electrons. The van der Waals surface area contributed by atoms with Crippen molar-refractivity contribution in [3.63, 3.8) is 0 Å². The largest absolute Gasteiger partial charge is 0.395 e. The van der Waals surface area contributed by atoms with Gasteiger partial charge >= 0.3 is 0 Å². The molecule has 0 aromatic carbocycles. The summed E-state index contributed by atoms with van der Waals surface area (Å²) in [5, 5.41) is 0. The molecule has 1 aromatic heterocycles. The number of aromatic nitrogens is 1. The van der Waals surface area contributed by atoms with Crippen LogP contribution in [0.5, 0.6) is 0 Å². The van der Waals surface area contributed by atoms with Crippen molar-refractivity contribution >= 4 is 28.5 Å². The van der Waals surface area contributed by atoms with Gasteiger partial charge in [0.05, 0.1) is 6.04 Å². The van der Waals surface area contributed by atoms with Crippen molar-refractivity contribution in [2.24, 2.45) is 10.4 Å². The Bertz CT molecular complexity index is 554. The van der Waals surface area contributed by atoms with E-state index >= 15 is 0 Å². The highest BCUT2D eigenvalue weighted by molar-refractivity contribution is 9.10. The highest BCUT2D eigenvalue weighted by Crippen LogP contribution is 2.37. The zero-order valence-corrected chi connectivity index (χ0v) is 17.8. The van der Waals surface area contributed by atoms with Crippen molar-refractivity contribution in [1.29, 1.82) is 0 Å². The Morgan fingerprint density at radius 2 is 1.88 bits per heavy atom. The summed E-state index contributed by atoms with van der Waals surface area (Å²) in [5.41, 5.74) is 3.04. The van der Waals surface area contributed by atoms with Gasteiger partial charge in [0.25, 0.3) is 6.85 Å². The lowest BCUT2D eigenvalue weighted by Crippen LogP contribution is -2.30. The second-order valence-corrected chi connectivity index (χ2v) is 9.06. The van der Waals surface area contributed by atoms with Crippen molar-refractivity contribution < 1.29 is 0 Å². The smallest absolute Gasteiger partial charge is 0.259 e. The van der Waals surface area contributed by atoms with Gasteiger partial charge in [-0.15, -0.1) is 0 Å². The van der Waals surface area contributed by atoms with Crippen LogP contribution in [0, 0.1) is 5.41 Å². The summed E-state index contributed by atoms with van der Waals surface area (Å²) in [6.45, 7) is 12.1. The lowest BCUT2D eigenvalue weighted by molar-refractivity contribution is 0.319. The van der Waals surface area contributed by atoms with Gasteiger partial charge in [-0.2, -0.15) is 0 Å². The van der Waals surface area contributed by atoms with Gasteiger partial charge < -0.3 is 4.48 Å². The van der Waals surface area contributed by atoms with E-state index in [2.05, 4.69) is 67.3 Å². The highest BCUT2D eigenvalue weighted by Gasteiger charge is 2.36. The van der Waals surface area contributed by atoms with E-state index in [0.717, 1.165) is 12.8 Å². The standard InChI is InChI=1S/C20H34BBrN2/c1-6-8-11-21(12-9-7-2)24-13-10-17(22)18(24)14-19-20(4,5)15-16(3)23-19/h10,13,19H,6-9,11-12,14-15H2,1-5H3. The minimum absolute atomic E-state index is 0.279. The first-order valence-corrected chi connectivity index (χ1v) is 10.6. The van der Waals surface area contributed by atoms with Crippen LogP contribution in [0.3, 0.4) is 0 Å². The van der Waals surface area contributed by atoms with Crippen LogP contribution in [0.4, 0.5) is 0 Å². The Morgan fingerprint density at radius 1 is 1.25 bits per heavy atom. The van der Waals surface area contributed by atoms with E-state index in [4.69, 9.17) is 4.99 Å². The first kappa shape index (κ1) is 19.8. The summed E-state index contributed by atoms with van der Waals surface area (Å²) in [7, 11) is 0. The molecule has 1 aliphatic rings. The van der Waals surface area contributed by atoms with E-state index < -0.39 is 0 Å². The molecule has 24 heavy (non-hydrogen) atoms. The van der Waals surface area contributed by atoms with Gasteiger partial charge in [0.2, 0.25) is 0 Å². The van der Waals surface area contributed by atoms with Gasteiger partial charge in [0.15, 0.2) is 0 Å². The van der Waals surface area contributed by atoms with Gasteiger partial charge in [-0.1, -0.05) is 66.0 Å². The Kier molecular flexibility index (Phi) is 7.21. The second-order valence-electron chi connectivity index (χ2n) is 8.21. The number of unbranched alkanes of at least 4 members (excludes halogenated alkanes) is 2. The average Bonchev–Trinajstić information content (AvgIpc) is 2.99. The highest BCUT2D eigenvalue weighted by atomic mass is 79.9. The van der Waals surface area contributed by atoms with Crippen LogP contribution in [0.2, 0.25) is 12.6 Å². The molecular weight excluding hydrogens is 359 g/mol. The molecule has 0 bridgehead atoms. The number of halogens is 1. The summed E-state index contributed by atoms with van der Waals surface area (Å²) >= 11 is 3.81. The van der Waals surface area contributed by atoms with Crippen LogP contribution in [0.15, 0.2) is 21.7 Å². The van der Waals surface area contributed by atoms with Crippen LogP contribution in [-0.2, 0) is 6.42 Å². The fourth-order valence-corrected chi connectivity index (χ4v) is 4.56. The van der Waals surface area contributed by atoms with Crippen LogP contribution >= 0.6 is 15.9 Å². The minimum atomic E-state index is 0.279. The molecule has 2 nitrogen and oxygen atoms in total. The maximum atomic E-state index is 4.96. The molecule has 1 atom stereocenters. The summed E-state index contributed by atoms with van der Waals surface area (Å²) in [4.78, 5) is 4.96. The first-order valence-electron chi connectivity index (χ1n) is 9.77. The number of rotatable bonds is 9. The van der Waals surface area contributed by atoms with E-state index in [1.165, 1.54) is 54.2 Å². The SMILES string of the molecule is CCCCB(CCCC)n1ccc(Br)c1CC1N=C(C)CC1(C)C. The molecule has 0 amide bonds. The number of aliphatic imine (C=N–C) groups is 1. The predicted molar refractivity (Wildman–Crippen MR) is 112 cm³/mol. The van der Waals surface area contributed by atoms with Gasteiger partial charge in [-0.25, -0.2) is 0 Å². The molecule has 2 heterocycles. The first-order chi connectivity index (χ1) is 11.4. The van der Waals surface area contributed by atoms with Crippen LogP contribution in [0.1, 0.15) is 72.4 Å². The normalized spacial score (nSPS) is 19.6. The molecule has 1 unspecified atom stereocenters. The molecule has 1 aliphatic heterocycles. The zero-order chi connectivity index (χ0) is 17.7. The van der Waals surface area contributed by atoms with Crippen LogP contribution in [0.25, 0.3) is 0 Å². The average molecular weight is 393 g/mol. The number of hydrogen-bond acceptors (Lipinski definition) is 1. The maximum absolute atomic E-state index is 4.96. The van der Waals surface area contributed by atoms with Crippen molar-refractivity contribution in [3.8, 4) is 0 Å². The molecule has 0 fully saturated rings. The van der Waals surface area contributed by atoms with Crippen molar-refractivity contribution in [1.82, 2.24) is 4.48 Å². The molecule has 2 rings (SSSR count). The monoisotopic (exact) mass is 392 g/mol. The number of hydrogen-bond donors (Lipinski definition) is 0. The summed E-state index contributed by atoms with van der Waals surface area (Å²) in [5.74, 6) is 0. The van der Waals surface area contributed by atoms with E-state index in [0.29, 0.717) is 12.9 Å². The van der Waals surface area contributed by atoms with Crippen molar-refractivity contribution in [2.75, 3.05) is 0 Å². The van der Waals surface area contributed by atoms with Gasteiger partial charge in [0.1, 0.15) is 0 Å². The Hall–Kier alpha value is -0.505. The van der Waals surface area contributed by atoms with E-state index in [-0.39, 0.29) is 5.41 Å². The van der Waals surface area contributed by atoms with E-state index in [1.807, 2.05) is 0 Å². The fourth-order valence-electron chi connectivity index (χ4n) is 4.07.